The van der Waals surface area contributed by atoms with Crippen molar-refractivity contribution in [2.75, 3.05) is 5.32 Å². The number of aliphatic imine (C=N–C) groups is 1. The highest BCUT2D eigenvalue weighted by Gasteiger charge is 2.29. The van der Waals surface area contributed by atoms with Gasteiger partial charge in [-0.2, -0.15) is 0 Å². The Hall–Kier alpha value is -3.73. The molecule has 0 fully saturated rings. The number of para-hydroxylation sites is 1. The summed E-state index contributed by atoms with van der Waals surface area (Å²) in [5.41, 5.74) is 9.39. The first kappa shape index (κ1) is 16.7. The van der Waals surface area contributed by atoms with Gasteiger partial charge in [-0.3, -0.25) is 14.6 Å². The molecule has 3 aromatic carbocycles. The zero-order valence-electron chi connectivity index (χ0n) is 14.4. The van der Waals surface area contributed by atoms with Crippen LogP contribution >= 0.6 is 0 Å². The molecule has 1 aliphatic rings. The molecule has 5 heteroatoms. The average molecular weight is 355 g/mol. The zero-order valence-corrected chi connectivity index (χ0v) is 14.4. The number of benzodiazepines with no additional fused rings is 1. The van der Waals surface area contributed by atoms with E-state index in [0.29, 0.717) is 22.5 Å². The maximum absolute atomic E-state index is 13.0. The molecule has 3 aromatic rings. The van der Waals surface area contributed by atoms with Crippen LogP contribution < -0.4 is 11.1 Å². The van der Waals surface area contributed by atoms with Gasteiger partial charge in [0.15, 0.2) is 6.04 Å². The molecule has 1 atom stereocenters. The summed E-state index contributed by atoms with van der Waals surface area (Å²) < 4.78 is 0. The van der Waals surface area contributed by atoms with Gasteiger partial charge in [-0.25, -0.2) is 0 Å². The van der Waals surface area contributed by atoms with Gasteiger partial charge in [0.2, 0.25) is 5.91 Å². The molecule has 1 aliphatic heterocycles. The van der Waals surface area contributed by atoms with Crippen LogP contribution in [0.1, 0.15) is 33.1 Å². The van der Waals surface area contributed by atoms with Crippen molar-refractivity contribution in [2.45, 2.75) is 6.04 Å². The van der Waals surface area contributed by atoms with E-state index in [2.05, 4.69) is 5.32 Å². The average Bonchev–Trinajstić information content (AvgIpc) is 2.84. The Morgan fingerprint density at radius 3 is 2.33 bits per heavy atom. The molecule has 0 saturated carbocycles. The van der Waals surface area contributed by atoms with Gasteiger partial charge >= 0.3 is 0 Å². The summed E-state index contributed by atoms with van der Waals surface area (Å²) in [7, 11) is 0. The lowest BCUT2D eigenvalue weighted by Gasteiger charge is -2.14. The van der Waals surface area contributed by atoms with E-state index in [9.17, 15) is 9.59 Å². The van der Waals surface area contributed by atoms with E-state index in [4.69, 9.17) is 10.7 Å². The number of amides is 2. The quantitative estimate of drug-likeness (QED) is 0.755. The van der Waals surface area contributed by atoms with E-state index in [1.54, 1.807) is 24.3 Å². The minimum Gasteiger partial charge on any atom is -0.366 e. The van der Waals surface area contributed by atoms with Crippen molar-refractivity contribution in [3.05, 3.63) is 101 Å². The molecule has 5 nitrogen and oxygen atoms in total. The summed E-state index contributed by atoms with van der Waals surface area (Å²) in [5.74, 6) is -0.890. The minimum atomic E-state index is -0.878. The number of nitrogens with two attached hydrogens (primary N) is 1. The third-order valence-electron chi connectivity index (χ3n) is 4.51. The van der Waals surface area contributed by atoms with E-state index in [0.717, 1.165) is 11.1 Å². The first-order valence-corrected chi connectivity index (χ1v) is 8.57. The number of primary amides is 1. The largest absolute Gasteiger partial charge is 0.366 e. The topological polar surface area (TPSA) is 84.6 Å². The maximum Gasteiger partial charge on any atom is 0.253 e. The molecule has 0 radical (unpaired) electrons. The highest BCUT2D eigenvalue weighted by Crippen LogP contribution is 2.31. The number of hydrogen-bond donors (Lipinski definition) is 2. The van der Waals surface area contributed by atoms with Gasteiger partial charge in [0.05, 0.1) is 11.4 Å². The van der Waals surface area contributed by atoms with Gasteiger partial charge in [-0.1, -0.05) is 66.7 Å². The van der Waals surface area contributed by atoms with Crippen molar-refractivity contribution in [3.63, 3.8) is 0 Å². The second-order valence-electron chi connectivity index (χ2n) is 6.23. The zero-order chi connectivity index (χ0) is 18.8. The van der Waals surface area contributed by atoms with Gasteiger partial charge in [0, 0.05) is 16.7 Å². The molecule has 132 valence electrons. The summed E-state index contributed by atoms with van der Waals surface area (Å²) in [6.07, 6.45) is 0. The second kappa shape index (κ2) is 6.88. The number of benzene rings is 3. The Kier molecular flexibility index (Phi) is 4.26. The summed E-state index contributed by atoms with van der Waals surface area (Å²) >= 11 is 0. The fraction of sp³-hybridized carbons (Fsp3) is 0.0455. The smallest absolute Gasteiger partial charge is 0.253 e. The standard InChI is InChI=1S/C22H17N3O2/c23-21(26)16-11-5-4-10-15(16)20-22(27)24-18-13-7-6-12-17(18)19(25-20)14-8-2-1-3-9-14/h1-13,20H,(H2,23,26)(H,24,27). The van der Waals surface area contributed by atoms with E-state index >= 15 is 0 Å². The Bertz CT molecular complexity index is 1060. The number of rotatable bonds is 3. The number of anilines is 1. The first-order chi connectivity index (χ1) is 13.1. The third-order valence-corrected chi connectivity index (χ3v) is 4.51. The normalized spacial score (nSPS) is 15.9. The molecule has 1 heterocycles. The predicted molar refractivity (Wildman–Crippen MR) is 105 cm³/mol. The third kappa shape index (κ3) is 3.11. The SMILES string of the molecule is NC(=O)c1ccccc1C1N=C(c2ccccc2)c2ccccc2NC1=O. The summed E-state index contributed by atoms with van der Waals surface area (Å²) in [6.45, 7) is 0. The number of carbonyl (C=O) groups is 2. The highest BCUT2D eigenvalue weighted by atomic mass is 16.2. The molecule has 0 aliphatic carbocycles. The molecule has 1 unspecified atom stereocenters. The van der Waals surface area contributed by atoms with E-state index in [-0.39, 0.29) is 5.91 Å². The van der Waals surface area contributed by atoms with Crippen LogP contribution in [0.3, 0.4) is 0 Å². The fourth-order valence-electron chi connectivity index (χ4n) is 3.25. The van der Waals surface area contributed by atoms with Crippen LogP contribution in [0.25, 0.3) is 0 Å². The molecule has 3 N–H and O–H groups in total. The summed E-state index contributed by atoms with van der Waals surface area (Å²) in [6, 6.07) is 23.1. The van der Waals surface area contributed by atoms with Crippen LogP contribution in [-0.2, 0) is 4.79 Å². The van der Waals surface area contributed by atoms with Crippen molar-refractivity contribution in [1.82, 2.24) is 0 Å². The van der Waals surface area contributed by atoms with Crippen LogP contribution in [0.5, 0.6) is 0 Å². The Morgan fingerprint density at radius 2 is 1.56 bits per heavy atom. The summed E-state index contributed by atoms with van der Waals surface area (Å²) in [4.78, 5) is 29.6. The molecule has 0 bridgehead atoms. The van der Waals surface area contributed by atoms with Gasteiger partial charge in [-0.15, -0.1) is 0 Å². The Balaban J connectivity index is 1.95. The van der Waals surface area contributed by atoms with Crippen LogP contribution in [0, 0.1) is 0 Å². The van der Waals surface area contributed by atoms with Gasteiger partial charge < -0.3 is 11.1 Å². The van der Waals surface area contributed by atoms with Crippen LogP contribution in [0.2, 0.25) is 0 Å². The van der Waals surface area contributed by atoms with Crippen molar-refractivity contribution in [1.29, 1.82) is 0 Å². The first-order valence-electron chi connectivity index (χ1n) is 8.57. The number of fused-ring (bicyclic) bond motifs is 1. The van der Waals surface area contributed by atoms with Crippen molar-refractivity contribution >= 4 is 23.2 Å². The Morgan fingerprint density at radius 1 is 0.889 bits per heavy atom. The van der Waals surface area contributed by atoms with Crippen LogP contribution in [-0.4, -0.2) is 17.5 Å². The van der Waals surface area contributed by atoms with Crippen molar-refractivity contribution in [3.8, 4) is 0 Å². The second-order valence-corrected chi connectivity index (χ2v) is 6.23. The number of hydrogen-bond acceptors (Lipinski definition) is 3. The van der Waals surface area contributed by atoms with E-state index in [1.165, 1.54) is 0 Å². The van der Waals surface area contributed by atoms with Crippen LogP contribution in [0.4, 0.5) is 5.69 Å². The predicted octanol–water partition coefficient (Wildman–Crippen LogP) is 3.32. The molecule has 2 amide bonds. The van der Waals surface area contributed by atoms with Crippen LogP contribution in [0.15, 0.2) is 83.9 Å². The lowest BCUT2D eigenvalue weighted by molar-refractivity contribution is -0.117. The number of carbonyl (C=O) groups excluding carboxylic acids is 2. The van der Waals surface area contributed by atoms with Crippen molar-refractivity contribution < 1.29 is 9.59 Å². The molecule has 4 rings (SSSR count). The molecule has 0 saturated heterocycles. The minimum absolute atomic E-state index is 0.291. The highest BCUT2D eigenvalue weighted by molar-refractivity contribution is 6.19. The molecule has 27 heavy (non-hydrogen) atoms. The van der Waals surface area contributed by atoms with E-state index in [1.807, 2.05) is 54.6 Å². The van der Waals surface area contributed by atoms with Crippen molar-refractivity contribution in [2.24, 2.45) is 10.7 Å². The molecular weight excluding hydrogens is 338 g/mol. The maximum atomic E-state index is 13.0. The Labute approximate surface area is 156 Å². The van der Waals surface area contributed by atoms with E-state index < -0.39 is 11.9 Å². The molecular formula is C22H17N3O2. The fourth-order valence-corrected chi connectivity index (χ4v) is 3.25. The lowest BCUT2D eigenvalue weighted by atomic mass is 9.98. The number of nitrogens with zero attached hydrogens (tertiary/aromatic N) is 1. The monoisotopic (exact) mass is 355 g/mol. The summed E-state index contributed by atoms with van der Waals surface area (Å²) in [5, 5.41) is 2.93. The molecule has 0 spiro atoms. The molecule has 0 aromatic heterocycles. The number of nitrogens with one attached hydrogen (secondary N) is 1. The van der Waals surface area contributed by atoms with Gasteiger partial charge in [-0.05, 0) is 17.7 Å². The lowest BCUT2D eigenvalue weighted by Crippen LogP contribution is -2.22. The van der Waals surface area contributed by atoms with Gasteiger partial charge in [0.25, 0.3) is 5.91 Å². The van der Waals surface area contributed by atoms with Gasteiger partial charge in [0.1, 0.15) is 0 Å².